The molecule has 2 atom stereocenters. The second-order valence-electron chi connectivity index (χ2n) is 2.81. The highest BCUT2D eigenvalue weighted by molar-refractivity contribution is 5.75. The maximum absolute atomic E-state index is 9.64. The highest BCUT2D eigenvalue weighted by Crippen LogP contribution is 1.86. The van der Waals surface area contributed by atoms with E-state index in [1.807, 2.05) is 0 Å². The molecule has 0 aliphatic rings. The summed E-state index contributed by atoms with van der Waals surface area (Å²) in [6.45, 7) is 3.10. The van der Waals surface area contributed by atoms with Crippen LogP contribution in [0.4, 0.5) is 0 Å². The van der Waals surface area contributed by atoms with Gasteiger partial charge in [0.1, 0.15) is 12.5 Å². The van der Waals surface area contributed by atoms with Gasteiger partial charge in [-0.25, -0.2) is 0 Å². The van der Waals surface area contributed by atoms with Crippen LogP contribution in [0.2, 0.25) is 0 Å². The van der Waals surface area contributed by atoms with E-state index in [2.05, 4.69) is 5.32 Å². The Morgan fingerprint density at radius 1 is 1.00 bits per heavy atom. The van der Waals surface area contributed by atoms with Crippen molar-refractivity contribution in [3.63, 3.8) is 0 Å². The zero-order chi connectivity index (χ0) is 12.4. The Labute approximate surface area is 87.3 Å². The number of nitrogens with one attached hydrogen (secondary N) is 1. The van der Waals surface area contributed by atoms with Crippen LogP contribution >= 0.6 is 0 Å². The minimum absolute atomic E-state index is 0.296. The fourth-order valence-corrected chi connectivity index (χ4v) is 0.563. The summed E-state index contributed by atoms with van der Waals surface area (Å²) in [4.78, 5) is 19.3. The van der Waals surface area contributed by atoms with Gasteiger partial charge in [-0.3, -0.25) is 14.9 Å². The molecule has 0 fully saturated rings. The van der Waals surface area contributed by atoms with Crippen molar-refractivity contribution in [1.82, 2.24) is 5.32 Å². The fraction of sp³-hybridized carbons (Fsp3) is 0.750. The normalized spacial score (nSPS) is 13.3. The Hall–Kier alpha value is -1.18. The average molecular weight is 223 g/mol. The maximum Gasteiger partial charge on any atom is 0.303 e. The number of hydrogen-bond donors (Lipinski definition) is 5. The lowest BCUT2D eigenvalue weighted by Crippen LogP contribution is -2.33. The number of rotatable bonds is 5. The van der Waals surface area contributed by atoms with Gasteiger partial charge in [0.2, 0.25) is 0 Å². The Morgan fingerprint density at radius 2 is 1.27 bits per heavy atom. The van der Waals surface area contributed by atoms with Crippen LogP contribution in [0.25, 0.3) is 0 Å². The van der Waals surface area contributed by atoms with E-state index in [1.165, 1.54) is 0 Å². The maximum atomic E-state index is 9.64. The van der Waals surface area contributed by atoms with Crippen molar-refractivity contribution in [3.8, 4) is 0 Å². The molecule has 0 aliphatic heterocycles. The van der Waals surface area contributed by atoms with Gasteiger partial charge in [-0.2, -0.15) is 0 Å². The average Bonchev–Trinajstić information content (AvgIpc) is 1.99. The molecule has 7 nitrogen and oxygen atoms in total. The smallest absolute Gasteiger partial charge is 0.303 e. The molecule has 0 rings (SSSR count). The molecule has 90 valence electrons. The number of carboxylic acid groups (broad SMARTS) is 2. The number of carbonyl (C=O) groups is 2. The van der Waals surface area contributed by atoms with E-state index in [9.17, 15) is 9.59 Å². The Balaban J connectivity index is 0. The van der Waals surface area contributed by atoms with E-state index in [0.717, 1.165) is 0 Å². The molecule has 0 spiro atoms. The van der Waals surface area contributed by atoms with Crippen molar-refractivity contribution in [2.75, 3.05) is 0 Å². The summed E-state index contributed by atoms with van der Waals surface area (Å²) in [5.74, 6) is -2.15. The van der Waals surface area contributed by atoms with Crippen LogP contribution in [-0.4, -0.2) is 44.8 Å². The molecule has 2 unspecified atom stereocenters. The molecule has 0 saturated carbocycles. The molecule has 0 saturated heterocycles. The predicted octanol–water partition coefficient (Wildman–Crippen LogP) is -0.812. The molecule has 0 amide bonds. The first kappa shape index (κ1) is 16.3. The van der Waals surface area contributed by atoms with E-state index >= 15 is 0 Å². The molecule has 0 aromatic heterocycles. The van der Waals surface area contributed by atoms with Crippen molar-refractivity contribution < 1.29 is 30.0 Å². The van der Waals surface area contributed by atoms with E-state index in [-0.39, 0.29) is 12.8 Å². The van der Waals surface area contributed by atoms with E-state index in [0.29, 0.717) is 0 Å². The lowest BCUT2D eigenvalue weighted by Gasteiger charge is -2.08. The number of carboxylic acids is 2. The molecule has 7 heteroatoms. The lowest BCUT2D eigenvalue weighted by atomic mass is 10.3. The summed E-state index contributed by atoms with van der Waals surface area (Å²) in [5, 5.41) is 35.1. The molecule has 0 bridgehead atoms. The second-order valence-corrected chi connectivity index (χ2v) is 2.81. The van der Waals surface area contributed by atoms with Gasteiger partial charge in [-0.1, -0.05) is 0 Å². The Kier molecular flexibility index (Phi) is 10.2. The third-order valence-corrected chi connectivity index (χ3v) is 1.04. The number of hydrogen-bond acceptors (Lipinski definition) is 5. The van der Waals surface area contributed by atoms with E-state index in [1.54, 1.807) is 13.8 Å². The molecular weight excluding hydrogens is 206 g/mol. The van der Waals surface area contributed by atoms with Gasteiger partial charge in [0.25, 0.3) is 0 Å². The van der Waals surface area contributed by atoms with Gasteiger partial charge in [-0.05, 0) is 13.8 Å². The summed E-state index contributed by atoms with van der Waals surface area (Å²) in [6, 6.07) is 0. The minimum atomic E-state index is -1.08. The topological polar surface area (TPSA) is 127 Å². The molecule has 0 aromatic carbocycles. The van der Waals surface area contributed by atoms with Crippen molar-refractivity contribution >= 4 is 11.9 Å². The highest BCUT2D eigenvalue weighted by Gasteiger charge is 2.00. The van der Waals surface area contributed by atoms with Gasteiger partial charge < -0.3 is 20.4 Å². The molecule has 0 heterocycles. The van der Waals surface area contributed by atoms with Gasteiger partial charge >= 0.3 is 11.9 Å². The van der Waals surface area contributed by atoms with E-state index < -0.39 is 24.4 Å². The summed E-state index contributed by atoms with van der Waals surface area (Å²) >= 11 is 0. The lowest BCUT2D eigenvalue weighted by molar-refractivity contribution is -0.143. The van der Waals surface area contributed by atoms with Crippen molar-refractivity contribution in [2.45, 2.75) is 39.1 Å². The van der Waals surface area contributed by atoms with Gasteiger partial charge in [-0.15, -0.1) is 0 Å². The molecule has 0 aromatic rings. The summed E-state index contributed by atoms with van der Waals surface area (Å²) in [5.41, 5.74) is 0. The van der Waals surface area contributed by atoms with Crippen LogP contribution in [-0.2, 0) is 9.59 Å². The number of aliphatic hydroxyl groups is 2. The first-order chi connectivity index (χ1) is 6.75. The van der Waals surface area contributed by atoms with Crippen molar-refractivity contribution in [1.29, 1.82) is 0 Å². The van der Waals surface area contributed by atoms with Crippen LogP contribution in [0.3, 0.4) is 0 Å². The molecular formula is C8H17NO6. The first-order valence-electron chi connectivity index (χ1n) is 4.31. The third-order valence-electron chi connectivity index (χ3n) is 1.04. The monoisotopic (exact) mass is 223 g/mol. The fourth-order valence-electron chi connectivity index (χ4n) is 0.563. The molecule has 0 radical (unpaired) electrons. The quantitative estimate of drug-likeness (QED) is 0.385. The number of aliphatic hydroxyl groups excluding tert-OH is 2. The van der Waals surface area contributed by atoms with Crippen LogP contribution in [0.5, 0.6) is 0 Å². The zero-order valence-corrected chi connectivity index (χ0v) is 8.67. The minimum Gasteiger partial charge on any atom is -0.481 e. The SMILES string of the molecule is CC(O)NC(C)O.O=C(O)CCC(=O)O. The molecule has 5 N–H and O–H groups in total. The molecule has 15 heavy (non-hydrogen) atoms. The van der Waals surface area contributed by atoms with Crippen LogP contribution in [0, 0.1) is 0 Å². The van der Waals surface area contributed by atoms with E-state index in [4.69, 9.17) is 20.4 Å². The number of aliphatic carboxylic acids is 2. The first-order valence-corrected chi connectivity index (χ1v) is 4.31. The van der Waals surface area contributed by atoms with Crippen LogP contribution < -0.4 is 5.32 Å². The third kappa shape index (κ3) is 24.5. The van der Waals surface area contributed by atoms with Crippen molar-refractivity contribution in [3.05, 3.63) is 0 Å². The van der Waals surface area contributed by atoms with Crippen LogP contribution in [0.1, 0.15) is 26.7 Å². The predicted molar refractivity (Wildman–Crippen MR) is 51.0 cm³/mol. The standard InChI is InChI=1S/C4H11NO2.C4H6O4/c1-3(6)5-4(2)7;5-3(6)1-2-4(7)8/h3-7H,1-2H3;1-2H2,(H,5,6)(H,7,8). The summed E-state index contributed by atoms with van der Waals surface area (Å²) < 4.78 is 0. The molecule has 0 aliphatic carbocycles. The second kappa shape index (κ2) is 9.38. The summed E-state index contributed by atoms with van der Waals surface area (Å²) in [6.07, 6.45) is -1.84. The van der Waals surface area contributed by atoms with Gasteiger partial charge in [0.05, 0.1) is 12.8 Å². The van der Waals surface area contributed by atoms with Crippen molar-refractivity contribution in [2.24, 2.45) is 0 Å². The highest BCUT2D eigenvalue weighted by atomic mass is 16.4. The van der Waals surface area contributed by atoms with Crippen LogP contribution in [0.15, 0.2) is 0 Å². The Bertz CT molecular complexity index is 172. The Morgan fingerprint density at radius 3 is 1.33 bits per heavy atom. The zero-order valence-electron chi connectivity index (χ0n) is 8.67. The summed E-state index contributed by atoms with van der Waals surface area (Å²) in [7, 11) is 0. The largest absolute Gasteiger partial charge is 0.481 e. The van der Waals surface area contributed by atoms with Gasteiger partial charge in [0.15, 0.2) is 0 Å². The van der Waals surface area contributed by atoms with Gasteiger partial charge in [0, 0.05) is 0 Å².